The minimum Gasteiger partial charge on any atom is -0.385 e. The van der Waals surface area contributed by atoms with Crippen molar-refractivity contribution in [1.82, 2.24) is 10.2 Å². The third kappa shape index (κ3) is 3.16. The maximum absolute atomic E-state index is 12.5. The quantitative estimate of drug-likeness (QED) is 0.814. The molecule has 1 aromatic rings. The predicted molar refractivity (Wildman–Crippen MR) is 77.0 cm³/mol. The van der Waals surface area contributed by atoms with E-state index in [-0.39, 0.29) is 18.1 Å². The van der Waals surface area contributed by atoms with E-state index in [4.69, 9.17) is 4.74 Å². The van der Waals surface area contributed by atoms with Gasteiger partial charge in [0, 0.05) is 20.3 Å². The van der Waals surface area contributed by atoms with Crippen molar-refractivity contribution >= 4 is 17.2 Å². The number of carbonyl (C=O) groups excluding carboxylic acids is 1. The number of hydrogen-bond acceptors (Lipinski definition) is 4. The lowest BCUT2D eigenvalue weighted by Gasteiger charge is -2.23. The molecule has 2 atom stereocenters. The van der Waals surface area contributed by atoms with Gasteiger partial charge >= 0.3 is 0 Å². The van der Waals surface area contributed by atoms with E-state index in [2.05, 4.69) is 36.0 Å². The van der Waals surface area contributed by atoms with Gasteiger partial charge in [-0.2, -0.15) is 11.3 Å². The molecule has 0 aliphatic carbocycles. The molecule has 1 saturated heterocycles. The van der Waals surface area contributed by atoms with Crippen molar-refractivity contribution in [1.29, 1.82) is 0 Å². The predicted octanol–water partition coefficient (Wildman–Crippen LogP) is 2.24. The van der Waals surface area contributed by atoms with E-state index >= 15 is 0 Å². The molecule has 2 unspecified atom stereocenters. The molecule has 0 bridgehead atoms. The van der Waals surface area contributed by atoms with Crippen LogP contribution in [0.3, 0.4) is 0 Å². The lowest BCUT2D eigenvalue weighted by molar-refractivity contribution is -0.131. The Kier molecular flexibility index (Phi) is 4.96. The maximum Gasteiger partial charge on any atom is 0.241 e. The van der Waals surface area contributed by atoms with Crippen LogP contribution in [0.15, 0.2) is 16.8 Å². The van der Waals surface area contributed by atoms with E-state index in [0.29, 0.717) is 12.5 Å². The first kappa shape index (κ1) is 14.5. The summed E-state index contributed by atoms with van der Waals surface area (Å²) in [6.07, 6.45) is 0.887. The fraction of sp³-hybridized carbons (Fsp3) is 0.643. The Hall–Kier alpha value is -0.910. The molecule has 0 aromatic carbocycles. The van der Waals surface area contributed by atoms with E-state index in [1.807, 2.05) is 4.90 Å². The Morgan fingerprint density at radius 2 is 2.32 bits per heavy atom. The summed E-state index contributed by atoms with van der Waals surface area (Å²) >= 11 is 1.67. The van der Waals surface area contributed by atoms with Crippen molar-refractivity contribution in [3.63, 3.8) is 0 Å². The van der Waals surface area contributed by atoms with E-state index in [0.717, 1.165) is 13.0 Å². The van der Waals surface area contributed by atoms with E-state index < -0.39 is 0 Å². The van der Waals surface area contributed by atoms with Gasteiger partial charge in [0.15, 0.2) is 0 Å². The third-order valence-electron chi connectivity index (χ3n) is 3.47. The zero-order valence-corrected chi connectivity index (χ0v) is 12.6. The highest BCUT2D eigenvalue weighted by atomic mass is 32.1. The first-order valence-corrected chi connectivity index (χ1v) is 7.67. The fourth-order valence-electron chi connectivity index (χ4n) is 2.44. The van der Waals surface area contributed by atoms with Crippen LogP contribution in [0.25, 0.3) is 0 Å². The van der Waals surface area contributed by atoms with Crippen LogP contribution in [0.2, 0.25) is 0 Å². The second kappa shape index (κ2) is 6.50. The van der Waals surface area contributed by atoms with Gasteiger partial charge in [-0.25, -0.2) is 0 Å². The molecule has 1 fully saturated rings. The molecule has 2 rings (SSSR count). The lowest BCUT2D eigenvalue weighted by atomic mass is 10.1. The SMILES string of the molecule is COCCCN1C(=O)C(C(C)C)NC1c1ccsc1. The van der Waals surface area contributed by atoms with Crippen molar-refractivity contribution < 1.29 is 9.53 Å². The highest BCUT2D eigenvalue weighted by Gasteiger charge is 2.40. The van der Waals surface area contributed by atoms with Crippen LogP contribution in [0, 0.1) is 5.92 Å². The molecule has 4 nitrogen and oxygen atoms in total. The zero-order valence-electron chi connectivity index (χ0n) is 11.8. The van der Waals surface area contributed by atoms with E-state index in [9.17, 15) is 4.79 Å². The van der Waals surface area contributed by atoms with Gasteiger partial charge in [0.05, 0.1) is 6.04 Å². The molecule has 1 aliphatic heterocycles. The number of nitrogens with one attached hydrogen (secondary N) is 1. The Morgan fingerprint density at radius 1 is 1.53 bits per heavy atom. The largest absolute Gasteiger partial charge is 0.385 e. The van der Waals surface area contributed by atoms with Gasteiger partial charge in [0.1, 0.15) is 6.17 Å². The summed E-state index contributed by atoms with van der Waals surface area (Å²) in [7, 11) is 1.69. The number of rotatable bonds is 6. The van der Waals surface area contributed by atoms with Crippen LogP contribution >= 0.6 is 11.3 Å². The molecule has 5 heteroatoms. The Morgan fingerprint density at radius 3 is 2.89 bits per heavy atom. The van der Waals surface area contributed by atoms with E-state index in [1.165, 1.54) is 5.56 Å². The molecule has 2 heterocycles. The number of ether oxygens (including phenoxy) is 1. The van der Waals surface area contributed by atoms with Crippen LogP contribution in [0.5, 0.6) is 0 Å². The molecular formula is C14H22N2O2S. The summed E-state index contributed by atoms with van der Waals surface area (Å²) in [5, 5.41) is 7.62. The molecule has 1 N–H and O–H groups in total. The first-order chi connectivity index (χ1) is 9.15. The summed E-state index contributed by atoms with van der Waals surface area (Å²) in [6, 6.07) is 2.01. The Bertz CT molecular complexity index is 406. The lowest BCUT2D eigenvalue weighted by Crippen LogP contribution is -2.35. The van der Waals surface area contributed by atoms with Crippen molar-refractivity contribution in [3.8, 4) is 0 Å². The summed E-state index contributed by atoms with van der Waals surface area (Å²) in [4.78, 5) is 14.4. The van der Waals surface area contributed by atoms with Gasteiger partial charge in [-0.15, -0.1) is 0 Å². The topological polar surface area (TPSA) is 41.6 Å². The minimum atomic E-state index is -0.0764. The minimum absolute atomic E-state index is 0.0167. The molecule has 1 aromatic heterocycles. The summed E-state index contributed by atoms with van der Waals surface area (Å²) in [5.41, 5.74) is 1.18. The van der Waals surface area contributed by atoms with Crippen LogP contribution in [0.1, 0.15) is 32.0 Å². The first-order valence-electron chi connectivity index (χ1n) is 6.72. The Balaban J connectivity index is 2.12. The van der Waals surface area contributed by atoms with Gasteiger partial charge in [-0.3, -0.25) is 10.1 Å². The molecule has 1 aliphatic rings. The second-order valence-corrected chi connectivity index (χ2v) is 6.01. The molecular weight excluding hydrogens is 260 g/mol. The van der Waals surface area contributed by atoms with Gasteiger partial charge in [-0.1, -0.05) is 13.8 Å². The molecule has 0 saturated carbocycles. The zero-order chi connectivity index (χ0) is 13.8. The van der Waals surface area contributed by atoms with Crippen LogP contribution in [-0.4, -0.2) is 37.1 Å². The van der Waals surface area contributed by atoms with Crippen LogP contribution in [-0.2, 0) is 9.53 Å². The number of hydrogen-bond donors (Lipinski definition) is 1. The van der Waals surface area contributed by atoms with E-state index in [1.54, 1.807) is 18.4 Å². The fourth-order valence-corrected chi connectivity index (χ4v) is 3.12. The number of carbonyl (C=O) groups is 1. The van der Waals surface area contributed by atoms with Crippen molar-refractivity contribution in [2.24, 2.45) is 5.92 Å². The van der Waals surface area contributed by atoms with Gasteiger partial charge in [0.2, 0.25) is 5.91 Å². The van der Waals surface area contributed by atoms with Gasteiger partial charge in [0.25, 0.3) is 0 Å². The molecule has 0 radical (unpaired) electrons. The number of methoxy groups -OCH3 is 1. The maximum atomic E-state index is 12.5. The molecule has 1 amide bonds. The number of nitrogens with zero attached hydrogens (tertiary/aromatic N) is 1. The summed E-state index contributed by atoms with van der Waals surface area (Å²) < 4.78 is 5.08. The summed E-state index contributed by atoms with van der Waals surface area (Å²) in [5.74, 6) is 0.517. The van der Waals surface area contributed by atoms with Crippen molar-refractivity contribution in [2.75, 3.05) is 20.3 Å². The number of amides is 1. The summed E-state index contributed by atoms with van der Waals surface area (Å²) in [6.45, 7) is 5.59. The average molecular weight is 282 g/mol. The smallest absolute Gasteiger partial charge is 0.241 e. The van der Waals surface area contributed by atoms with Crippen molar-refractivity contribution in [2.45, 2.75) is 32.5 Å². The van der Waals surface area contributed by atoms with Crippen LogP contribution < -0.4 is 5.32 Å². The molecule has 0 spiro atoms. The standard InChI is InChI=1S/C14H22N2O2S/c1-10(2)12-14(17)16(6-4-7-18-3)13(15-12)11-5-8-19-9-11/h5,8-10,12-13,15H,4,6-7H2,1-3H3. The normalized spacial score (nSPS) is 23.6. The Labute approximate surface area is 118 Å². The van der Waals surface area contributed by atoms with Crippen LogP contribution in [0.4, 0.5) is 0 Å². The highest BCUT2D eigenvalue weighted by Crippen LogP contribution is 2.29. The highest BCUT2D eigenvalue weighted by molar-refractivity contribution is 7.07. The second-order valence-electron chi connectivity index (χ2n) is 5.23. The van der Waals surface area contributed by atoms with Gasteiger partial charge in [-0.05, 0) is 34.7 Å². The number of thiophene rings is 1. The third-order valence-corrected chi connectivity index (χ3v) is 4.17. The average Bonchev–Trinajstić information content (AvgIpc) is 2.98. The van der Waals surface area contributed by atoms with Gasteiger partial charge < -0.3 is 9.64 Å². The molecule has 106 valence electrons. The monoisotopic (exact) mass is 282 g/mol. The van der Waals surface area contributed by atoms with Crippen molar-refractivity contribution in [3.05, 3.63) is 22.4 Å². The molecule has 19 heavy (non-hydrogen) atoms.